The normalized spacial score (nSPS) is 20.7. The number of hydrogen-bond donors (Lipinski definition) is 2. The first-order valence-electron chi connectivity index (χ1n) is 7.69. The molecule has 1 amide bonds. The molecule has 1 aliphatic rings. The Hall–Kier alpha value is -0.610. The summed E-state index contributed by atoms with van der Waals surface area (Å²) in [7, 11) is 0. The van der Waals surface area contributed by atoms with Crippen LogP contribution >= 0.6 is 0 Å². The first-order chi connectivity index (χ1) is 8.96. The highest BCUT2D eigenvalue weighted by atomic mass is 16.1. The molecule has 1 rings (SSSR count). The van der Waals surface area contributed by atoms with Crippen LogP contribution in [0.25, 0.3) is 0 Å². The molecule has 1 fully saturated rings. The first-order valence-corrected chi connectivity index (χ1v) is 7.69. The fourth-order valence-corrected chi connectivity index (χ4v) is 3.06. The third kappa shape index (κ3) is 4.46. The second-order valence-electron chi connectivity index (χ2n) is 6.24. The lowest BCUT2D eigenvalue weighted by Gasteiger charge is -2.30. The summed E-state index contributed by atoms with van der Waals surface area (Å²) >= 11 is 0. The predicted molar refractivity (Wildman–Crippen MR) is 79.9 cm³/mol. The van der Waals surface area contributed by atoms with Crippen LogP contribution in [0.1, 0.15) is 53.4 Å². The van der Waals surface area contributed by atoms with Gasteiger partial charge in [0.15, 0.2) is 0 Å². The lowest BCUT2D eigenvalue weighted by atomic mass is 9.82. The Bertz CT molecular complexity index is 287. The fourth-order valence-electron chi connectivity index (χ4n) is 3.06. The number of nitrogens with zero attached hydrogens (tertiary/aromatic N) is 1. The average Bonchev–Trinajstić information content (AvgIpc) is 2.80. The summed E-state index contributed by atoms with van der Waals surface area (Å²) in [5.41, 5.74) is 6.33. The van der Waals surface area contributed by atoms with E-state index in [0.29, 0.717) is 18.4 Å². The minimum absolute atomic E-state index is 0.121. The number of nitrogens with two attached hydrogens (primary N) is 1. The standard InChI is InChI=1S/C15H31N3O/c1-5-15(6-2)7-8-18(11-15)13(10-16)9-14(19)17-12(3)4/h12-13H,5-11,16H2,1-4H3,(H,17,19). The Labute approximate surface area is 118 Å². The highest BCUT2D eigenvalue weighted by Crippen LogP contribution is 2.37. The summed E-state index contributed by atoms with van der Waals surface area (Å²) < 4.78 is 0. The highest BCUT2D eigenvalue weighted by Gasteiger charge is 2.37. The van der Waals surface area contributed by atoms with Gasteiger partial charge in [-0.1, -0.05) is 13.8 Å². The lowest BCUT2D eigenvalue weighted by Crippen LogP contribution is -2.44. The molecule has 112 valence electrons. The van der Waals surface area contributed by atoms with Crippen molar-refractivity contribution in [2.75, 3.05) is 19.6 Å². The molecule has 4 nitrogen and oxygen atoms in total. The summed E-state index contributed by atoms with van der Waals surface area (Å²) in [6, 6.07) is 0.397. The minimum Gasteiger partial charge on any atom is -0.354 e. The van der Waals surface area contributed by atoms with Gasteiger partial charge in [-0.2, -0.15) is 0 Å². The smallest absolute Gasteiger partial charge is 0.221 e. The van der Waals surface area contributed by atoms with Gasteiger partial charge < -0.3 is 11.1 Å². The monoisotopic (exact) mass is 269 g/mol. The van der Waals surface area contributed by atoms with Crippen molar-refractivity contribution < 1.29 is 4.79 Å². The Morgan fingerprint density at radius 2 is 2.00 bits per heavy atom. The lowest BCUT2D eigenvalue weighted by molar-refractivity contribution is -0.122. The molecule has 1 unspecified atom stereocenters. The van der Waals surface area contributed by atoms with Crippen LogP contribution in [0.5, 0.6) is 0 Å². The van der Waals surface area contributed by atoms with Crippen LogP contribution in [-0.2, 0) is 4.79 Å². The van der Waals surface area contributed by atoms with Gasteiger partial charge >= 0.3 is 0 Å². The summed E-state index contributed by atoms with van der Waals surface area (Å²) in [5, 5.41) is 2.96. The van der Waals surface area contributed by atoms with Crippen molar-refractivity contribution in [3.8, 4) is 0 Å². The molecule has 4 heteroatoms. The van der Waals surface area contributed by atoms with Crippen molar-refractivity contribution in [1.29, 1.82) is 0 Å². The molecule has 1 atom stereocenters. The molecule has 0 bridgehead atoms. The van der Waals surface area contributed by atoms with Gasteiger partial charge in [0.25, 0.3) is 0 Å². The summed E-state index contributed by atoms with van der Waals surface area (Å²) in [4.78, 5) is 14.3. The van der Waals surface area contributed by atoms with Gasteiger partial charge in [0.1, 0.15) is 0 Å². The van der Waals surface area contributed by atoms with E-state index in [4.69, 9.17) is 5.73 Å². The van der Waals surface area contributed by atoms with Crippen LogP contribution in [0, 0.1) is 5.41 Å². The van der Waals surface area contributed by atoms with E-state index in [-0.39, 0.29) is 18.0 Å². The van der Waals surface area contributed by atoms with Crippen LogP contribution in [0.4, 0.5) is 0 Å². The number of rotatable bonds is 7. The molecule has 0 aromatic rings. The van der Waals surface area contributed by atoms with Crippen LogP contribution in [-0.4, -0.2) is 42.5 Å². The number of nitrogens with one attached hydrogen (secondary N) is 1. The van der Waals surface area contributed by atoms with Gasteiger partial charge in [-0.15, -0.1) is 0 Å². The van der Waals surface area contributed by atoms with Gasteiger partial charge in [-0.05, 0) is 45.1 Å². The van der Waals surface area contributed by atoms with Crippen molar-refractivity contribution in [2.45, 2.75) is 65.5 Å². The minimum atomic E-state index is 0.121. The summed E-state index contributed by atoms with van der Waals surface area (Å²) in [6.45, 7) is 11.3. The van der Waals surface area contributed by atoms with Gasteiger partial charge in [0, 0.05) is 31.6 Å². The Morgan fingerprint density at radius 3 is 2.42 bits per heavy atom. The van der Waals surface area contributed by atoms with Gasteiger partial charge in [0.2, 0.25) is 5.91 Å². The van der Waals surface area contributed by atoms with Crippen molar-refractivity contribution in [1.82, 2.24) is 10.2 Å². The maximum atomic E-state index is 11.9. The summed E-state index contributed by atoms with van der Waals surface area (Å²) in [6.07, 6.45) is 4.20. The maximum absolute atomic E-state index is 11.9. The number of hydrogen-bond acceptors (Lipinski definition) is 3. The summed E-state index contributed by atoms with van der Waals surface area (Å²) in [5.74, 6) is 0.121. The van der Waals surface area contributed by atoms with Crippen molar-refractivity contribution >= 4 is 5.91 Å². The second kappa shape index (κ2) is 7.25. The molecule has 0 aromatic carbocycles. The maximum Gasteiger partial charge on any atom is 0.221 e. The molecular weight excluding hydrogens is 238 g/mol. The van der Waals surface area contributed by atoms with Crippen LogP contribution < -0.4 is 11.1 Å². The molecule has 19 heavy (non-hydrogen) atoms. The molecule has 0 aromatic heterocycles. The van der Waals surface area contributed by atoms with Crippen molar-refractivity contribution in [3.63, 3.8) is 0 Å². The largest absolute Gasteiger partial charge is 0.354 e. The van der Waals surface area contributed by atoms with Gasteiger partial charge in [-0.3, -0.25) is 9.69 Å². The van der Waals surface area contributed by atoms with Gasteiger partial charge in [0.05, 0.1) is 0 Å². The zero-order valence-electron chi connectivity index (χ0n) is 13.0. The van der Waals surface area contributed by atoms with Crippen LogP contribution in [0.3, 0.4) is 0 Å². The van der Waals surface area contributed by atoms with Gasteiger partial charge in [-0.25, -0.2) is 0 Å². The SMILES string of the molecule is CCC1(CC)CCN(C(CN)CC(=O)NC(C)C)C1. The molecular formula is C15H31N3O. The topological polar surface area (TPSA) is 58.4 Å². The van der Waals surface area contributed by atoms with E-state index in [1.807, 2.05) is 13.8 Å². The quantitative estimate of drug-likeness (QED) is 0.740. The van der Waals surface area contributed by atoms with E-state index in [0.717, 1.165) is 13.1 Å². The van der Waals surface area contributed by atoms with Crippen LogP contribution in [0.15, 0.2) is 0 Å². The predicted octanol–water partition coefficient (Wildman–Crippen LogP) is 1.74. The van der Waals surface area contributed by atoms with Crippen LogP contribution in [0.2, 0.25) is 0 Å². The Morgan fingerprint density at radius 1 is 1.37 bits per heavy atom. The van der Waals surface area contributed by atoms with E-state index in [9.17, 15) is 4.79 Å². The van der Waals surface area contributed by atoms with E-state index >= 15 is 0 Å². The number of carbonyl (C=O) groups excluding carboxylic acids is 1. The van der Waals surface area contributed by atoms with E-state index in [2.05, 4.69) is 24.1 Å². The molecule has 0 saturated carbocycles. The molecule has 1 heterocycles. The van der Waals surface area contributed by atoms with Crippen molar-refractivity contribution in [3.05, 3.63) is 0 Å². The molecule has 3 N–H and O–H groups in total. The van der Waals surface area contributed by atoms with Crippen molar-refractivity contribution in [2.24, 2.45) is 11.1 Å². The Kier molecular flexibility index (Phi) is 6.27. The zero-order chi connectivity index (χ0) is 14.5. The molecule has 1 aliphatic heterocycles. The number of carbonyl (C=O) groups is 1. The highest BCUT2D eigenvalue weighted by molar-refractivity contribution is 5.76. The third-order valence-electron chi connectivity index (χ3n) is 4.63. The molecule has 0 spiro atoms. The number of amides is 1. The van der Waals surface area contributed by atoms with E-state index in [1.54, 1.807) is 0 Å². The Balaban J connectivity index is 2.55. The van der Waals surface area contributed by atoms with E-state index in [1.165, 1.54) is 19.3 Å². The molecule has 1 saturated heterocycles. The average molecular weight is 269 g/mol. The third-order valence-corrected chi connectivity index (χ3v) is 4.63. The molecule has 0 radical (unpaired) electrons. The zero-order valence-corrected chi connectivity index (χ0v) is 13.0. The second-order valence-corrected chi connectivity index (χ2v) is 6.24. The fraction of sp³-hybridized carbons (Fsp3) is 0.933. The van der Waals surface area contributed by atoms with E-state index < -0.39 is 0 Å². The first kappa shape index (κ1) is 16.4. The number of likely N-dealkylation sites (tertiary alicyclic amines) is 1. The molecule has 0 aliphatic carbocycles.